The summed E-state index contributed by atoms with van der Waals surface area (Å²) in [5, 5.41) is 9.55. The zero-order valence-corrected chi connectivity index (χ0v) is 10.2. The van der Waals surface area contributed by atoms with Crippen molar-refractivity contribution in [1.29, 1.82) is 0 Å². The van der Waals surface area contributed by atoms with Gasteiger partial charge >= 0.3 is 0 Å². The number of hydrogen-bond acceptors (Lipinski definition) is 3. The third-order valence-corrected chi connectivity index (χ3v) is 3.48. The van der Waals surface area contributed by atoms with Crippen LogP contribution in [0, 0.1) is 12.8 Å². The molecule has 1 saturated carbocycles. The molecule has 0 aromatic carbocycles. The highest BCUT2D eigenvalue weighted by molar-refractivity contribution is 5.92. The second-order valence-electron chi connectivity index (χ2n) is 4.83. The Hall–Kier alpha value is -1.36. The molecule has 0 saturated heterocycles. The Balaban J connectivity index is 2.01. The lowest BCUT2D eigenvalue weighted by Crippen LogP contribution is -2.38. The Labute approximate surface area is 101 Å². The van der Waals surface area contributed by atoms with Gasteiger partial charge in [0, 0.05) is 11.6 Å². The minimum absolute atomic E-state index is 0.0132. The lowest BCUT2D eigenvalue weighted by molar-refractivity contribution is -0.120. The molecule has 2 unspecified atom stereocenters. The highest BCUT2D eigenvalue weighted by Gasteiger charge is 2.27. The first-order valence-corrected chi connectivity index (χ1v) is 6.25. The Morgan fingerprint density at radius 2 is 2.24 bits per heavy atom. The monoisotopic (exact) mass is 236 g/mol. The molecule has 2 atom stereocenters. The van der Waals surface area contributed by atoms with Crippen molar-refractivity contribution >= 4 is 11.7 Å². The van der Waals surface area contributed by atoms with E-state index in [1.165, 1.54) is 6.42 Å². The molecule has 1 aromatic heterocycles. The van der Waals surface area contributed by atoms with E-state index >= 15 is 0 Å². The second-order valence-corrected chi connectivity index (χ2v) is 4.83. The van der Waals surface area contributed by atoms with Crippen LogP contribution in [-0.4, -0.2) is 22.1 Å². The van der Waals surface area contributed by atoms with Crippen LogP contribution in [0.1, 0.15) is 37.7 Å². The van der Waals surface area contributed by atoms with Gasteiger partial charge in [0.05, 0.1) is 12.1 Å². The molecule has 1 aliphatic carbocycles. The predicted molar refractivity (Wildman–Crippen MR) is 66.5 cm³/mol. The molecule has 1 heterocycles. The van der Waals surface area contributed by atoms with E-state index in [1.807, 2.05) is 6.92 Å². The van der Waals surface area contributed by atoms with Gasteiger partial charge in [-0.3, -0.25) is 9.89 Å². The molecule has 5 nitrogen and oxygen atoms in total. The Morgan fingerprint density at radius 1 is 1.47 bits per heavy atom. The van der Waals surface area contributed by atoms with Crippen LogP contribution < -0.4 is 11.1 Å². The molecular formula is C12H20N4O. The molecule has 1 aromatic rings. The van der Waals surface area contributed by atoms with Gasteiger partial charge in [-0.1, -0.05) is 19.3 Å². The molecule has 1 fully saturated rings. The minimum Gasteiger partial charge on any atom is -0.327 e. The van der Waals surface area contributed by atoms with Crippen molar-refractivity contribution in [1.82, 2.24) is 10.2 Å². The molecule has 1 aliphatic rings. The van der Waals surface area contributed by atoms with Gasteiger partial charge in [-0.25, -0.2) is 0 Å². The van der Waals surface area contributed by atoms with Gasteiger partial charge in [-0.05, 0) is 19.8 Å². The number of H-pyrrole nitrogens is 1. The Morgan fingerprint density at radius 3 is 2.94 bits per heavy atom. The van der Waals surface area contributed by atoms with Crippen molar-refractivity contribution in [3.05, 3.63) is 11.8 Å². The first-order chi connectivity index (χ1) is 8.18. The molecule has 2 rings (SSSR count). The fraction of sp³-hybridized carbons (Fsp3) is 0.667. The third-order valence-electron chi connectivity index (χ3n) is 3.48. The number of aryl methyl sites for hydroxylation is 1. The van der Waals surface area contributed by atoms with Gasteiger partial charge in [0.25, 0.3) is 0 Å². The van der Waals surface area contributed by atoms with Crippen molar-refractivity contribution in [3.8, 4) is 0 Å². The van der Waals surface area contributed by atoms with E-state index in [4.69, 9.17) is 5.73 Å². The van der Waals surface area contributed by atoms with E-state index in [-0.39, 0.29) is 17.9 Å². The summed E-state index contributed by atoms with van der Waals surface area (Å²) in [6.07, 6.45) is 6.94. The number of aromatic nitrogens is 2. The largest absolute Gasteiger partial charge is 0.327 e. The maximum absolute atomic E-state index is 12.1. The summed E-state index contributed by atoms with van der Waals surface area (Å²) in [4.78, 5) is 12.1. The first-order valence-electron chi connectivity index (χ1n) is 6.25. The maximum Gasteiger partial charge on any atom is 0.230 e. The van der Waals surface area contributed by atoms with Gasteiger partial charge in [0.2, 0.25) is 5.91 Å². The van der Waals surface area contributed by atoms with Crippen molar-refractivity contribution in [2.75, 3.05) is 5.32 Å². The molecule has 1 amide bonds. The quantitative estimate of drug-likeness (QED) is 0.681. The topological polar surface area (TPSA) is 83.8 Å². The number of hydrogen-bond donors (Lipinski definition) is 3. The first kappa shape index (κ1) is 12.1. The summed E-state index contributed by atoms with van der Waals surface area (Å²) < 4.78 is 0. The fourth-order valence-corrected chi connectivity index (χ4v) is 2.35. The molecule has 0 spiro atoms. The fourth-order valence-electron chi connectivity index (χ4n) is 2.35. The highest BCUT2D eigenvalue weighted by Crippen LogP contribution is 2.23. The standard InChI is InChI=1S/C12H20N4O/c1-8-7-14-16-11(8)15-12(17)9-5-3-2-4-6-10(9)13/h7,9-10H,2-6,13H2,1H3,(H2,14,15,16,17). The van der Waals surface area contributed by atoms with Crippen LogP contribution in [0.3, 0.4) is 0 Å². The van der Waals surface area contributed by atoms with Crippen molar-refractivity contribution < 1.29 is 4.79 Å². The number of nitrogens with zero attached hydrogens (tertiary/aromatic N) is 1. The number of carbonyl (C=O) groups is 1. The number of nitrogens with two attached hydrogens (primary N) is 1. The molecule has 17 heavy (non-hydrogen) atoms. The van der Waals surface area contributed by atoms with Crippen LogP contribution in [0.5, 0.6) is 0 Å². The van der Waals surface area contributed by atoms with Crippen molar-refractivity contribution in [2.45, 2.75) is 45.1 Å². The predicted octanol–water partition coefficient (Wildman–Crippen LogP) is 1.56. The normalized spacial score (nSPS) is 25.3. The summed E-state index contributed by atoms with van der Waals surface area (Å²) in [5.74, 6) is 0.637. The van der Waals surface area contributed by atoms with Gasteiger partial charge in [0.15, 0.2) is 0 Å². The Bertz CT molecular complexity index is 388. The van der Waals surface area contributed by atoms with E-state index < -0.39 is 0 Å². The number of aromatic amines is 1. The van der Waals surface area contributed by atoms with Crippen LogP contribution in [0.2, 0.25) is 0 Å². The SMILES string of the molecule is Cc1cn[nH]c1NC(=O)C1CCCCCC1N. The molecular weight excluding hydrogens is 216 g/mol. The number of nitrogens with one attached hydrogen (secondary N) is 2. The number of amides is 1. The van der Waals surface area contributed by atoms with Gasteiger partial charge in [0.1, 0.15) is 5.82 Å². The summed E-state index contributed by atoms with van der Waals surface area (Å²) in [6.45, 7) is 1.91. The van der Waals surface area contributed by atoms with Crippen LogP contribution in [0.4, 0.5) is 5.82 Å². The van der Waals surface area contributed by atoms with Crippen LogP contribution >= 0.6 is 0 Å². The average Bonchev–Trinajstić information content (AvgIpc) is 2.57. The highest BCUT2D eigenvalue weighted by atomic mass is 16.2. The van der Waals surface area contributed by atoms with Gasteiger partial charge < -0.3 is 11.1 Å². The lowest BCUT2D eigenvalue weighted by Gasteiger charge is -2.20. The van der Waals surface area contributed by atoms with E-state index in [9.17, 15) is 4.79 Å². The maximum atomic E-state index is 12.1. The van der Waals surface area contributed by atoms with E-state index in [0.29, 0.717) is 5.82 Å². The van der Waals surface area contributed by atoms with Crippen LogP contribution in [-0.2, 0) is 4.79 Å². The van der Waals surface area contributed by atoms with Gasteiger partial charge in [-0.15, -0.1) is 0 Å². The molecule has 4 N–H and O–H groups in total. The zero-order chi connectivity index (χ0) is 12.3. The summed E-state index contributed by atoms with van der Waals surface area (Å²) in [7, 11) is 0. The van der Waals surface area contributed by atoms with Crippen molar-refractivity contribution in [3.63, 3.8) is 0 Å². The zero-order valence-electron chi connectivity index (χ0n) is 10.2. The molecule has 0 bridgehead atoms. The van der Waals surface area contributed by atoms with Crippen molar-refractivity contribution in [2.24, 2.45) is 11.7 Å². The molecule has 0 aliphatic heterocycles. The van der Waals surface area contributed by atoms with E-state index in [0.717, 1.165) is 31.2 Å². The van der Waals surface area contributed by atoms with Crippen LogP contribution in [0.25, 0.3) is 0 Å². The lowest BCUT2D eigenvalue weighted by atomic mass is 9.94. The summed E-state index contributed by atoms with van der Waals surface area (Å²) in [6, 6.07) is -0.0132. The summed E-state index contributed by atoms with van der Waals surface area (Å²) >= 11 is 0. The van der Waals surface area contributed by atoms with Crippen LogP contribution in [0.15, 0.2) is 6.20 Å². The number of rotatable bonds is 2. The van der Waals surface area contributed by atoms with E-state index in [1.54, 1.807) is 6.20 Å². The van der Waals surface area contributed by atoms with Gasteiger partial charge in [-0.2, -0.15) is 5.10 Å². The molecule has 0 radical (unpaired) electrons. The number of anilines is 1. The Kier molecular flexibility index (Phi) is 3.78. The smallest absolute Gasteiger partial charge is 0.230 e. The number of carbonyl (C=O) groups excluding carboxylic acids is 1. The molecule has 5 heteroatoms. The van der Waals surface area contributed by atoms with E-state index in [2.05, 4.69) is 15.5 Å². The molecule has 94 valence electrons. The third kappa shape index (κ3) is 2.85. The minimum atomic E-state index is -0.0693. The average molecular weight is 236 g/mol. The second kappa shape index (κ2) is 5.31. The summed E-state index contributed by atoms with van der Waals surface area (Å²) in [5.41, 5.74) is 7.01.